The molecule has 0 radical (unpaired) electrons. The number of likely N-dealkylation sites (tertiary alicyclic amines) is 1. The van der Waals surface area contributed by atoms with E-state index < -0.39 is 0 Å². The van der Waals surface area contributed by atoms with Gasteiger partial charge in [-0.05, 0) is 57.8 Å². The summed E-state index contributed by atoms with van der Waals surface area (Å²) >= 11 is 0. The van der Waals surface area contributed by atoms with Crippen LogP contribution in [0.5, 0.6) is 11.5 Å². The number of nitrogens with zero attached hydrogens (tertiary/aromatic N) is 1. The first-order valence-electron chi connectivity index (χ1n) is 10.6. The first kappa shape index (κ1) is 19.2. The molecule has 2 bridgehead atoms. The Morgan fingerprint density at radius 2 is 2.24 bits per heavy atom. The van der Waals surface area contributed by atoms with Gasteiger partial charge in [-0.3, -0.25) is 4.79 Å². The van der Waals surface area contributed by atoms with E-state index in [9.17, 15) is 9.90 Å². The number of hydrogen-bond acceptors (Lipinski definition) is 7. The lowest BCUT2D eigenvalue weighted by Gasteiger charge is -2.65. The maximum absolute atomic E-state index is 12.0. The summed E-state index contributed by atoms with van der Waals surface area (Å²) in [6, 6.07) is 4.05. The summed E-state index contributed by atoms with van der Waals surface area (Å²) in [6.07, 6.45) is 3.33. The van der Waals surface area contributed by atoms with Crippen molar-refractivity contribution in [2.24, 2.45) is 0 Å². The number of carbonyl (C=O) groups is 1. The van der Waals surface area contributed by atoms with Crippen LogP contribution in [0.25, 0.3) is 0 Å². The van der Waals surface area contributed by atoms with Crippen molar-refractivity contribution < 1.29 is 24.1 Å². The van der Waals surface area contributed by atoms with E-state index in [2.05, 4.69) is 17.3 Å². The topological polar surface area (TPSA) is 80.3 Å². The lowest BCUT2D eigenvalue weighted by atomic mass is 9.48. The standard InChI is InChI=1S/C22H30N2O5/c1-4-28-17(26)12-23-14-7-8-22(27-3)16-11-13-5-6-15(25)19-18(13)21(22,20(14)29-19)9-10-24(16)2/h5-6,14,16,20,23,25H,4,7-12H2,1-3H3/t14-,16+,20-,21-,22+/m0/s1. The van der Waals surface area contributed by atoms with Gasteiger partial charge in [0.25, 0.3) is 0 Å². The zero-order valence-corrected chi connectivity index (χ0v) is 17.4. The van der Waals surface area contributed by atoms with Gasteiger partial charge in [-0.2, -0.15) is 0 Å². The van der Waals surface area contributed by atoms with Crippen molar-refractivity contribution in [3.8, 4) is 11.5 Å². The van der Waals surface area contributed by atoms with Crippen LogP contribution < -0.4 is 10.1 Å². The SMILES string of the molecule is CCOC(=O)CN[C@H]1CC[C@@]2(OC)[C@H]3Cc4ccc(O)c5c4[C@@]2(CCN3C)[C@H]1O5. The number of piperidine rings is 1. The van der Waals surface area contributed by atoms with E-state index in [0.29, 0.717) is 12.4 Å². The van der Waals surface area contributed by atoms with Crippen LogP contribution in [-0.2, 0) is 26.1 Å². The molecule has 158 valence electrons. The van der Waals surface area contributed by atoms with E-state index in [-0.39, 0.29) is 47.5 Å². The molecule has 4 aliphatic rings. The fourth-order valence-electron chi connectivity index (χ4n) is 6.78. The minimum atomic E-state index is -0.362. The highest BCUT2D eigenvalue weighted by atomic mass is 16.5. The first-order valence-corrected chi connectivity index (χ1v) is 10.6. The van der Waals surface area contributed by atoms with Crippen molar-refractivity contribution in [2.75, 3.05) is 33.9 Å². The van der Waals surface area contributed by atoms with Crippen LogP contribution in [0, 0.1) is 0 Å². The number of likely N-dealkylation sites (N-methyl/N-ethyl adjacent to an activating group) is 1. The van der Waals surface area contributed by atoms with Crippen LogP contribution in [0.4, 0.5) is 0 Å². The van der Waals surface area contributed by atoms with Crippen LogP contribution in [0.1, 0.15) is 37.3 Å². The first-order chi connectivity index (χ1) is 14.0. The molecule has 0 amide bonds. The number of rotatable bonds is 5. The third-order valence-corrected chi connectivity index (χ3v) is 7.87. The molecular formula is C22H30N2O5. The highest BCUT2D eigenvalue weighted by Gasteiger charge is 2.73. The number of ether oxygens (including phenoxy) is 3. The molecule has 1 aromatic rings. The van der Waals surface area contributed by atoms with E-state index in [4.69, 9.17) is 14.2 Å². The number of benzene rings is 1. The molecule has 2 heterocycles. The van der Waals surface area contributed by atoms with Crippen molar-refractivity contribution in [3.05, 3.63) is 23.3 Å². The number of carbonyl (C=O) groups excluding carboxylic acids is 1. The number of phenolic OH excluding ortho intramolecular Hbond substituents is 1. The molecule has 2 N–H and O–H groups in total. The number of methoxy groups -OCH3 is 1. The lowest BCUT2D eigenvalue weighted by molar-refractivity contribution is -0.203. The van der Waals surface area contributed by atoms with Gasteiger partial charge < -0.3 is 29.5 Å². The van der Waals surface area contributed by atoms with Gasteiger partial charge in [-0.1, -0.05) is 6.07 Å². The summed E-state index contributed by atoms with van der Waals surface area (Å²) in [7, 11) is 4.00. The maximum Gasteiger partial charge on any atom is 0.319 e. The van der Waals surface area contributed by atoms with Crippen molar-refractivity contribution in [1.29, 1.82) is 0 Å². The summed E-state index contributed by atoms with van der Waals surface area (Å²) in [6.45, 7) is 3.30. The molecule has 1 saturated heterocycles. The van der Waals surface area contributed by atoms with Crippen molar-refractivity contribution in [2.45, 2.75) is 61.8 Å². The summed E-state index contributed by atoms with van der Waals surface area (Å²) in [5, 5.41) is 14.0. The zero-order valence-electron chi connectivity index (χ0n) is 17.4. The molecule has 5 atom stereocenters. The predicted molar refractivity (Wildman–Crippen MR) is 106 cm³/mol. The van der Waals surface area contributed by atoms with Crippen LogP contribution in [0.3, 0.4) is 0 Å². The summed E-state index contributed by atoms with van der Waals surface area (Å²) in [4.78, 5) is 14.4. The fraction of sp³-hybridized carbons (Fsp3) is 0.682. The van der Waals surface area contributed by atoms with Gasteiger partial charge in [-0.25, -0.2) is 0 Å². The van der Waals surface area contributed by atoms with Gasteiger partial charge in [0.15, 0.2) is 11.5 Å². The third-order valence-electron chi connectivity index (χ3n) is 7.87. The molecule has 29 heavy (non-hydrogen) atoms. The van der Waals surface area contributed by atoms with Crippen molar-refractivity contribution in [1.82, 2.24) is 10.2 Å². The monoisotopic (exact) mass is 402 g/mol. The molecule has 1 spiro atoms. The van der Waals surface area contributed by atoms with Gasteiger partial charge >= 0.3 is 5.97 Å². The molecule has 7 nitrogen and oxygen atoms in total. The van der Waals surface area contributed by atoms with Crippen molar-refractivity contribution >= 4 is 5.97 Å². The average molecular weight is 402 g/mol. The Labute approximate surface area is 171 Å². The largest absolute Gasteiger partial charge is 0.504 e. The van der Waals surface area contributed by atoms with Gasteiger partial charge in [0.1, 0.15) is 6.10 Å². The van der Waals surface area contributed by atoms with E-state index in [1.807, 2.05) is 20.1 Å². The molecule has 5 rings (SSSR count). The molecule has 0 unspecified atom stereocenters. The Morgan fingerprint density at radius 3 is 3.00 bits per heavy atom. The number of hydrogen-bond donors (Lipinski definition) is 2. The Kier molecular flexibility index (Phi) is 4.35. The number of nitrogens with one attached hydrogen (secondary N) is 1. The lowest BCUT2D eigenvalue weighted by Crippen LogP contribution is -2.78. The Hall–Kier alpha value is -1.83. The quantitative estimate of drug-likeness (QED) is 0.720. The second-order valence-electron chi connectivity index (χ2n) is 8.83. The minimum Gasteiger partial charge on any atom is -0.504 e. The summed E-state index contributed by atoms with van der Waals surface area (Å²) in [5.74, 6) is 0.554. The van der Waals surface area contributed by atoms with E-state index >= 15 is 0 Å². The normalized spacial score (nSPS) is 37.0. The molecule has 2 aliphatic heterocycles. The number of phenols is 1. The van der Waals surface area contributed by atoms with Gasteiger partial charge in [0.05, 0.1) is 24.2 Å². The number of esters is 1. The van der Waals surface area contributed by atoms with Gasteiger partial charge in [0.2, 0.25) is 0 Å². The van der Waals surface area contributed by atoms with Gasteiger partial charge in [0, 0.05) is 24.8 Å². The second-order valence-corrected chi connectivity index (χ2v) is 8.83. The van der Waals surface area contributed by atoms with Crippen LogP contribution in [-0.4, -0.2) is 73.6 Å². The zero-order chi connectivity index (χ0) is 20.4. The molecular weight excluding hydrogens is 372 g/mol. The maximum atomic E-state index is 12.0. The highest BCUT2D eigenvalue weighted by molar-refractivity contribution is 5.71. The fourth-order valence-corrected chi connectivity index (χ4v) is 6.78. The van der Waals surface area contributed by atoms with Crippen molar-refractivity contribution in [3.63, 3.8) is 0 Å². The molecule has 7 heteroatoms. The second kappa shape index (κ2) is 6.59. The molecule has 1 aromatic carbocycles. The molecule has 2 fully saturated rings. The summed E-state index contributed by atoms with van der Waals surface area (Å²) < 4.78 is 18.0. The van der Waals surface area contributed by atoms with E-state index in [1.165, 1.54) is 5.56 Å². The van der Waals surface area contributed by atoms with E-state index in [1.54, 1.807) is 6.07 Å². The number of aromatic hydroxyl groups is 1. The highest BCUT2D eigenvalue weighted by Crippen LogP contribution is 2.66. The van der Waals surface area contributed by atoms with Crippen LogP contribution in [0.2, 0.25) is 0 Å². The average Bonchev–Trinajstić information content (AvgIpc) is 3.07. The molecule has 0 aromatic heterocycles. The Bertz CT molecular complexity index is 845. The predicted octanol–water partition coefficient (Wildman–Crippen LogP) is 1.35. The summed E-state index contributed by atoms with van der Waals surface area (Å²) in [5.41, 5.74) is 1.69. The molecule has 1 saturated carbocycles. The van der Waals surface area contributed by atoms with Crippen LogP contribution >= 0.6 is 0 Å². The minimum absolute atomic E-state index is 0.00973. The molecule has 2 aliphatic carbocycles. The van der Waals surface area contributed by atoms with E-state index in [0.717, 1.165) is 37.8 Å². The third kappa shape index (κ3) is 2.32. The Balaban J connectivity index is 1.60. The Morgan fingerprint density at radius 1 is 1.41 bits per heavy atom. The van der Waals surface area contributed by atoms with Gasteiger partial charge in [-0.15, -0.1) is 0 Å². The van der Waals surface area contributed by atoms with Crippen LogP contribution in [0.15, 0.2) is 12.1 Å². The smallest absolute Gasteiger partial charge is 0.319 e.